The van der Waals surface area contributed by atoms with E-state index in [1.807, 2.05) is 4.90 Å². The Bertz CT molecular complexity index is 270. The summed E-state index contributed by atoms with van der Waals surface area (Å²) in [6.07, 6.45) is 4.57. The maximum Gasteiger partial charge on any atom is 0.242 e. The fourth-order valence-electron chi connectivity index (χ4n) is 2.87. The third kappa shape index (κ3) is 2.23. The zero-order valence-electron chi connectivity index (χ0n) is 10.3. The molecule has 0 bridgehead atoms. The van der Waals surface area contributed by atoms with Crippen molar-refractivity contribution >= 4 is 5.91 Å². The van der Waals surface area contributed by atoms with E-state index in [9.17, 15) is 4.79 Å². The van der Waals surface area contributed by atoms with Crippen LogP contribution in [0.5, 0.6) is 0 Å². The van der Waals surface area contributed by atoms with Crippen LogP contribution < -0.4 is 11.1 Å². The van der Waals surface area contributed by atoms with Gasteiger partial charge in [0.25, 0.3) is 0 Å². The van der Waals surface area contributed by atoms with Gasteiger partial charge in [0.2, 0.25) is 5.91 Å². The highest BCUT2D eigenvalue weighted by molar-refractivity contribution is 5.85. The highest BCUT2D eigenvalue weighted by Gasteiger charge is 2.39. The van der Waals surface area contributed by atoms with Crippen LogP contribution in [-0.2, 0) is 4.79 Å². The zero-order chi connectivity index (χ0) is 11.8. The summed E-state index contributed by atoms with van der Waals surface area (Å²) >= 11 is 0. The zero-order valence-corrected chi connectivity index (χ0v) is 10.3. The fraction of sp³-hybridized carbons (Fsp3) is 0.917. The van der Waals surface area contributed by atoms with E-state index in [1.54, 1.807) is 13.8 Å². The summed E-state index contributed by atoms with van der Waals surface area (Å²) in [5.74, 6) is 0.103. The second kappa shape index (κ2) is 4.34. The Morgan fingerprint density at radius 3 is 2.81 bits per heavy atom. The molecule has 0 aromatic carbocycles. The number of likely N-dealkylation sites (tertiary alicyclic amines) is 1. The van der Waals surface area contributed by atoms with E-state index in [0.717, 1.165) is 32.4 Å². The molecule has 16 heavy (non-hydrogen) atoms. The number of hydrogen-bond donors (Lipinski definition) is 2. The number of fused-ring (bicyclic) bond motifs is 1. The molecule has 0 aromatic heterocycles. The lowest BCUT2D eigenvalue weighted by atomic mass is 9.88. The first-order chi connectivity index (χ1) is 7.50. The molecular weight excluding hydrogens is 202 g/mol. The summed E-state index contributed by atoms with van der Waals surface area (Å²) in [6.45, 7) is 5.57. The molecule has 1 amide bonds. The van der Waals surface area contributed by atoms with Crippen LogP contribution in [0.15, 0.2) is 0 Å². The number of nitrogens with two attached hydrogens (primary N) is 1. The molecule has 3 N–H and O–H groups in total. The van der Waals surface area contributed by atoms with Gasteiger partial charge >= 0.3 is 0 Å². The van der Waals surface area contributed by atoms with Gasteiger partial charge in [-0.1, -0.05) is 0 Å². The van der Waals surface area contributed by atoms with Gasteiger partial charge in [0.1, 0.15) is 0 Å². The molecular formula is C12H23N3O. The van der Waals surface area contributed by atoms with Crippen molar-refractivity contribution in [2.45, 2.75) is 57.2 Å². The molecule has 2 fully saturated rings. The van der Waals surface area contributed by atoms with Gasteiger partial charge < -0.3 is 16.0 Å². The molecule has 0 radical (unpaired) electrons. The van der Waals surface area contributed by atoms with E-state index in [4.69, 9.17) is 5.73 Å². The van der Waals surface area contributed by atoms with Crippen LogP contribution in [0.25, 0.3) is 0 Å². The van der Waals surface area contributed by atoms with Crippen molar-refractivity contribution < 1.29 is 4.79 Å². The molecule has 2 rings (SSSR count). The highest BCUT2D eigenvalue weighted by atomic mass is 16.2. The van der Waals surface area contributed by atoms with Crippen LogP contribution >= 0.6 is 0 Å². The van der Waals surface area contributed by atoms with Crippen LogP contribution in [0, 0.1) is 0 Å². The van der Waals surface area contributed by atoms with E-state index in [2.05, 4.69) is 5.32 Å². The van der Waals surface area contributed by atoms with Gasteiger partial charge in [-0.25, -0.2) is 0 Å². The number of hydrogen-bond acceptors (Lipinski definition) is 3. The minimum atomic E-state index is -0.737. The number of carbonyl (C=O) groups is 1. The third-order valence-electron chi connectivity index (χ3n) is 3.67. The van der Waals surface area contributed by atoms with Crippen LogP contribution in [0.4, 0.5) is 0 Å². The van der Waals surface area contributed by atoms with Crippen molar-refractivity contribution in [2.75, 3.05) is 13.1 Å². The molecule has 2 aliphatic heterocycles. The average Bonchev–Trinajstić information content (AvgIpc) is 2.26. The maximum absolute atomic E-state index is 12.2. The highest BCUT2D eigenvalue weighted by Crippen LogP contribution is 2.26. The Balaban J connectivity index is 2.11. The second-order valence-corrected chi connectivity index (χ2v) is 5.63. The Morgan fingerprint density at radius 1 is 1.38 bits per heavy atom. The first-order valence-electron chi connectivity index (χ1n) is 6.33. The summed E-state index contributed by atoms with van der Waals surface area (Å²) in [7, 11) is 0. The van der Waals surface area contributed by atoms with Gasteiger partial charge in [0.15, 0.2) is 0 Å². The van der Waals surface area contributed by atoms with Crippen molar-refractivity contribution in [3.63, 3.8) is 0 Å². The monoisotopic (exact) mass is 225 g/mol. The normalized spacial score (nSPS) is 31.1. The molecule has 2 aliphatic rings. The van der Waals surface area contributed by atoms with Crippen molar-refractivity contribution in [3.8, 4) is 0 Å². The third-order valence-corrected chi connectivity index (χ3v) is 3.67. The molecule has 0 aromatic rings. The summed E-state index contributed by atoms with van der Waals surface area (Å²) in [6, 6.07) is 0.867. The van der Waals surface area contributed by atoms with E-state index in [-0.39, 0.29) is 5.91 Å². The van der Waals surface area contributed by atoms with Crippen molar-refractivity contribution in [1.29, 1.82) is 0 Å². The molecule has 0 aliphatic carbocycles. The number of rotatable bonds is 1. The van der Waals surface area contributed by atoms with Crippen LogP contribution in [0.2, 0.25) is 0 Å². The van der Waals surface area contributed by atoms with Crippen molar-refractivity contribution in [2.24, 2.45) is 5.73 Å². The number of nitrogens with one attached hydrogen (secondary N) is 1. The van der Waals surface area contributed by atoms with Crippen LogP contribution in [0.1, 0.15) is 39.5 Å². The van der Waals surface area contributed by atoms with Gasteiger partial charge in [-0.2, -0.15) is 0 Å². The Kier molecular flexibility index (Phi) is 3.22. The Labute approximate surface area is 97.6 Å². The van der Waals surface area contributed by atoms with E-state index < -0.39 is 5.54 Å². The average molecular weight is 225 g/mol. The lowest BCUT2D eigenvalue weighted by molar-refractivity contribution is -0.141. The van der Waals surface area contributed by atoms with Gasteiger partial charge in [-0.15, -0.1) is 0 Å². The lowest BCUT2D eigenvalue weighted by Crippen LogP contribution is -2.63. The molecule has 2 atom stereocenters. The minimum Gasteiger partial charge on any atom is -0.337 e. The molecule has 92 valence electrons. The topological polar surface area (TPSA) is 58.4 Å². The lowest BCUT2D eigenvalue weighted by Gasteiger charge is -2.46. The van der Waals surface area contributed by atoms with E-state index in [0.29, 0.717) is 12.1 Å². The fourth-order valence-corrected chi connectivity index (χ4v) is 2.87. The summed E-state index contributed by atoms with van der Waals surface area (Å²) in [4.78, 5) is 14.3. The SMILES string of the molecule is CC(C)(N)C(=O)N1CCCC2NCCCC21. The molecule has 2 heterocycles. The smallest absolute Gasteiger partial charge is 0.242 e. The van der Waals surface area contributed by atoms with Gasteiger partial charge in [-0.05, 0) is 46.1 Å². The summed E-state index contributed by atoms with van der Waals surface area (Å²) in [5.41, 5.74) is 5.18. The van der Waals surface area contributed by atoms with E-state index >= 15 is 0 Å². The molecule has 0 spiro atoms. The van der Waals surface area contributed by atoms with Crippen molar-refractivity contribution in [3.05, 3.63) is 0 Å². The number of piperidine rings is 2. The number of carbonyl (C=O) groups excluding carboxylic acids is 1. The summed E-state index contributed by atoms with van der Waals surface area (Å²) < 4.78 is 0. The first-order valence-corrected chi connectivity index (χ1v) is 6.33. The van der Waals surface area contributed by atoms with Crippen molar-refractivity contribution in [1.82, 2.24) is 10.2 Å². The summed E-state index contributed by atoms with van der Waals surface area (Å²) in [5, 5.41) is 3.52. The second-order valence-electron chi connectivity index (χ2n) is 5.63. The molecule has 2 saturated heterocycles. The standard InChI is InChI=1S/C12H23N3O/c1-12(2,13)11(16)15-8-4-5-9-10(15)6-3-7-14-9/h9-10,14H,3-8,13H2,1-2H3. The first kappa shape index (κ1) is 11.9. The van der Waals surface area contributed by atoms with Gasteiger partial charge in [0.05, 0.1) is 5.54 Å². The Hall–Kier alpha value is -0.610. The van der Waals surface area contributed by atoms with Crippen LogP contribution in [0.3, 0.4) is 0 Å². The predicted molar refractivity (Wildman–Crippen MR) is 64.0 cm³/mol. The molecule has 0 saturated carbocycles. The maximum atomic E-state index is 12.2. The van der Waals surface area contributed by atoms with Crippen LogP contribution in [-0.4, -0.2) is 41.5 Å². The minimum absolute atomic E-state index is 0.103. The quantitative estimate of drug-likeness (QED) is 0.682. The number of amides is 1. The van der Waals surface area contributed by atoms with Gasteiger partial charge in [-0.3, -0.25) is 4.79 Å². The molecule has 4 nitrogen and oxygen atoms in total. The van der Waals surface area contributed by atoms with E-state index in [1.165, 1.54) is 6.42 Å². The largest absolute Gasteiger partial charge is 0.337 e. The molecule has 4 heteroatoms. The Morgan fingerprint density at radius 2 is 2.12 bits per heavy atom. The van der Waals surface area contributed by atoms with Gasteiger partial charge in [0, 0.05) is 18.6 Å². The predicted octanol–water partition coefficient (Wildman–Crippen LogP) is 0.467. The number of nitrogens with zero attached hydrogens (tertiary/aromatic N) is 1. The molecule has 2 unspecified atom stereocenters.